The Bertz CT molecular complexity index is 769. The Hall–Kier alpha value is -2.05. The van der Waals surface area contributed by atoms with Gasteiger partial charge in [-0.25, -0.2) is 0 Å². The summed E-state index contributed by atoms with van der Waals surface area (Å²) >= 11 is 9.26. The van der Waals surface area contributed by atoms with Gasteiger partial charge in [0.05, 0.1) is 24.0 Å². The van der Waals surface area contributed by atoms with Crippen molar-refractivity contribution in [2.75, 3.05) is 7.11 Å². The van der Waals surface area contributed by atoms with Crippen molar-refractivity contribution in [1.29, 1.82) is 0 Å². The zero-order chi connectivity index (χ0) is 19.1. The van der Waals surface area contributed by atoms with E-state index in [4.69, 9.17) is 21.1 Å². The molecule has 0 aliphatic carbocycles. The van der Waals surface area contributed by atoms with E-state index in [-0.39, 0.29) is 12.3 Å². The van der Waals surface area contributed by atoms with Crippen LogP contribution in [0.15, 0.2) is 53.0 Å². The van der Waals surface area contributed by atoms with Gasteiger partial charge in [0.1, 0.15) is 5.75 Å². The molecule has 7 heteroatoms. The predicted molar refractivity (Wildman–Crippen MR) is 103 cm³/mol. The van der Waals surface area contributed by atoms with Crippen LogP contribution in [0, 0.1) is 0 Å². The highest BCUT2D eigenvalue weighted by molar-refractivity contribution is 9.10. The maximum absolute atomic E-state index is 12.5. The molecule has 0 aliphatic heterocycles. The molecule has 2 aromatic carbocycles. The Balaban J connectivity index is 2.08. The van der Waals surface area contributed by atoms with Crippen molar-refractivity contribution in [3.8, 4) is 5.75 Å². The summed E-state index contributed by atoms with van der Waals surface area (Å²) in [6.45, 7) is 1.64. The second-order valence-corrected chi connectivity index (χ2v) is 6.88. The molecule has 26 heavy (non-hydrogen) atoms. The number of benzene rings is 2. The minimum Gasteiger partial charge on any atom is -0.480 e. The van der Waals surface area contributed by atoms with Crippen LogP contribution in [0.5, 0.6) is 5.75 Å². The van der Waals surface area contributed by atoms with Crippen molar-refractivity contribution in [3.05, 3.63) is 63.6 Å². The molecule has 2 rings (SSSR count). The number of ether oxygens (including phenoxy) is 2. The van der Waals surface area contributed by atoms with Gasteiger partial charge in [-0.1, -0.05) is 41.9 Å². The Morgan fingerprint density at radius 1 is 1.19 bits per heavy atom. The lowest BCUT2D eigenvalue weighted by Crippen LogP contribution is -2.39. The molecule has 0 aromatic heterocycles. The van der Waals surface area contributed by atoms with Gasteiger partial charge in [-0.15, -0.1) is 0 Å². The molecule has 0 fully saturated rings. The molecule has 2 unspecified atom stereocenters. The standard InChI is InChI=1S/C19H19BrClNO4/c1-12(26-17-9-8-14(21)10-15(17)20)19(24)22-16(11-18(23)25-2)13-6-4-3-5-7-13/h3-10,12,16H,11H2,1-2H3,(H,22,24). The van der Waals surface area contributed by atoms with E-state index in [9.17, 15) is 9.59 Å². The number of hydrogen-bond acceptors (Lipinski definition) is 4. The molecule has 2 atom stereocenters. The van der Waals surface area contributed by atoms with Gasteiger partial charge in [-0.2, -0.15) is 0 Å². The zero-order valence-electron chi connectivity index (χ0n) is 14.4. The Morgan fingerprint density at radius 2 is 1.88 bits per heavy atom. The van der Waals surface area contributed by atoms with Gasteiger partial charge in [-0.3, -0.25) is 9.59 Å². The molecule has 0 bridgehead atoms. The summed E-state index contributed by atoms with van der Waals surface area (Å²) in [5.41, 5.74) is 0.811. The summed E-state index contributed by atoms with van der Waals surface area (Å²) in [5, 5.41) is 3.40. The smallest absolute Gasteiger partial charge is 0.307 e. The first-order chi connectivity index (χ1) is 12.4. The van der Waals surface area contributed by atoms with E-state index < -0.39 is 18.1 Å². The van der Waals surface area contributed by atoms with Crippen LogP contribution >= 0.6 is 27.5 Å². The molecule has 0 heterocycles. The van der Waals surface area contributed by atoms with Crippen LogP contribution in [-0.4, -0.2) is 25.1 Å². The third kappa shape index (κ3) is 5.75. The Morgan fingerprint density at radius 3 is 2.50 bits per heavy atom. The fourth-order valence-electron chi connectivity index (χ4n) is 2.29. The van der Waals surface area contributed by atoms with E-state index in [1.165, 1.54) is 7.11 Å². The third-order valence-corrected chi connectivity index (χ3v) is 4.54. The van der Waals surface area contributed by atoms with E-state index in [0.29, 0.717) is 15.2 Å². The molecule has 0 aliphatic rings. The van der Waals surface area contributed by atoms with Gasteiger partial charge in [0.25, 0.3) is 5.91 Å². The first kappa shape index (κ1) is 20.3. The summed E-state index contributed by atoms with van der Waals surface area (Å²) in [5.74, 6) is -0.251. The third-order valence-electron chi connectivity index (χ3n) is 3.68. The lowest BCUT2D eigenvalue weighted by molar-refractivity contribution is -0.141. The van der Waals surface area contributed by atoms with Crippen molar-refractivity contribution < 1.29 is 19.1 Å². The number of rotatable bonds is 7. The van der Waals surface area contributed by atoms with Crippen molar-refractivity contribution in [3.63, 3.8) is 0 Å². The first-order valence-corrected chi connectivity index (χ1v) is 9.11. The van der Waals surface area contributed by atoms with Crippen molar-refractivity contribution >= 4 is 39.4 Å². The average molecular weight is 441 g/mol. The minimum atomic E-state index is -0.767. The number of amides is 1. The van der Waals surface area contributed by atoms with Crippen molar-refractivity contribution in [2.24, 2.45) is 0 Å². The van der Waals surface area contributed by atoms with Crippen LogP contribution < -0.4 is 10.1 Å². The molecule has 138 valence electrons. The summed E-state index contributed by atoms with van der Waals surface area (Å²) < 4.78 is 11.1. The zero-order valence-corrected chi connectivity index (χ0v) is 16.7. The molecule has 5 nitrogen and oxygen atoms in total. The Labute approximate surface area is 165 Å². The number of esters is 1. The molecule has 0 saturated heterocycles. The largest absolute Gasteiger partial charge is 0.480 e. The summed E-state index contributed by atoms with van der Waals surface area (Å²) in [6.07, 6.45) is -0.736. The van der Waals surface area contributed by atoms with E-state index in [2.05, 4.69) is 21.2 Å². The van der Waals surface area contributed by atoms with Gasteiger partial charge in [0, 0.05) is 5.02 Å². The topological polar surface area (TPSA) is 64.6 Å². The fraction of sp³-hybridized carbons (Fsp3) is 0.263. The number of hydrogen-bond donors (Lipinski definition) is 1. The van der Waals surface area contributed by atoms with Crippen LogP contribution in [0.3, 0.4) is 0 Å². The summed E-state index contributed by atoms with van der Waals surface area (Å²) in [6, 6.07) is 13.8. The molecule has 0 spiro atoms. The highest BCUT2D eigenvalue weighted by atomic mass is 79.9. The molecule has 0 radical (unpaired) electrons. The Kier molecular flexibility index (Phi) is 7.48. The van der Waals surface area contributed by atoms with Gasteiger partial charge in [0.2, 0.25) is 0 Å². The van der Waals surface area contributed by atoms with E-state index in [1.54, 1.807) is 25.1 Å². The quantitative estimate of drug-likeness (QED) is 0.652. The van der Waals surface area contributed by atoms with E-state index in [0.717, 1.165) is 5.56 Å². The molecule has 2 aromatic rings. The second-order valence-electron chi connectivity index (χ2n) is 5.59. The molecule has 0 saturated carbocycles. The summed E-state index contributed by atoms with van der Waals surface area (Å²) in [4.78, 5) is 24.2. The monoisotopic (exact) mass is 439 g/mol. The van der Waals surface area contributed by atoms with Crippen molar-refractivity contribution in [1.82, 2.24) is 5.32 Å². The summed E-state index contributed by atoms with van der Waals surface area (Å²) in [7, 11) is 1.32. The van der Waals surface area contributed by atoms with Gasteiger partial charge in [0.15, 0.2) is 6.10 Å². The number of nitrogens with one attached hydrogen (secondary N) is 1. The molecular formula is C19H19BrClNO4. The minimum absolute atomic E-state index is 0.0314. The number of carbonyl (C=O) groups is 2. The lowest BCUT2D eigenvalue weighted by atomic mass is 10.0. The van der Waals surface area contributed by atoms with Crippen LogP contribution in [0.2, 0.25) is 5.02 Å². The maximum atomic E-state index is 12.5. The van der Waals surface area contributed by atoms with E-state index >= 15 is 0 Å². The second kappa shape index (κ2) is 9.59. The highest BCUT2D eigenvalue weighted by Gasteiger charge is 2.23. The van der Waals surface area contributed by atoms with Gasteiger partial charge < -0.3 is 14.8 Å². The first-order valence-electron chi connectivity index (χ1n) is 7.94. The van der Waals surface area contributed by atoms with Crippen LogP contribution in [0.4, 0.5) is 0 Å². The normalized spacial score (nSPS) is 12.8. The number of halogens is 2. The highest BCUT2D eigenvalue weighted by Crippen LogP contribution is 2.29. The van der Waals surface area contributed by atoms with Crippen LogP contribution in [0.1, 0.15) is 24.9 Å². The molecule has 1 N–H and O–H groups in total. The van der Waals surface area contributed by atoms with Crippen LogP contribution in [-0.2, 0) is 14.3 Å². The van der Waals surface area contributed by atoms with Crippen LogP contribution in [0.25, 0.3) is 0 Å². The lowest BCUT2D eigenvalue weighted by Gasteiger charge is -2.21. The predicted octanol–water partition coefficient (Wildman–Crippen LogP) is 4.29. The molecular weight excluding hydrogens is 422 g/mol. The average Bonchev–Trinajstić information content (AvgIpc) is 2.63. The maximum Gasteiger partial charge on any atom is 0.307 e. The number of carbonyl (C=O) groups excluding carboxylic acids is 2. The van der Waals surface area contributed by atoms with Gasteiger partial charge >= 0.3 is 5.97 Å². The van der Waals surface area contributed by atoms with Gasteiger partial charge in [-0.05, 0) is 46.6 Å². The van der Waals surface area contributed by atoms with Crippen molar-refractivity contribution in [2.45, 2.75) is 25.5 Å². The fourth-order valence-corrected chi connectivity index (χ4v) is 3.07. The number of methoxy groups -OCH3 is 1. The van der Waals surface area contributed by atoms with E-state index in [1.807, 2.05) is 30.3 Å². The SMILES string of the molecule is COC(=O)CC(NC(=O)C(C)Oc1ccc(Cl)cc1Br)c1ccccc1. The molecule has 1 amide bonds.